The van der Waals surface area contributed by atoms with Crippen molar-refractivity contribution < 1.29 is 27.6 Å². The normalized spacial score (nSPS) is 13.4. The van der Waals surface area contributed by atoms with Gasteiger partial charge >= 0.3 is 17.3 Å². The SMILES string of the molecule is [B]O[Si](O)(O)O[P+](=O)[O-]. The molecular weight excluding hydrogens is 166 g/mol. The highest BCUT2D eigenvalue weighted by molar-refractivity contribution is 7.32. The van der Waals surface area contributed by atoms with E-state index in [-0.39, 0.29) is 0 Å². The molecule has 9 heteroatoms. The molecule has 0 spiro atoms. The highest BCUT2D eigenvalue weighted by Gasteiger charge is 2.41. The van der Waals surface area contributed by atoms with E-state index in [0.717, 1.165) is 0 Å². The van der Waals surface area contributed by atoms with Crippen LogP contribution in [0, 0.1) is 0 Å². The van der Waals surface area contributed by atoms with E-state index in [2.05, 4.69) is 16.6 Å². The lowest BCUT2D eigenvalue weighted by atomic mass is 10.6. The standard InChI is InChI=1S/BH2O6PSi/c1-6-9(4,5)7-8(2)3/h4-5H. The topological polar surface area (TPSA) is 99.1 Å². The lowest BCUT2D eigenvalue weighted by Crippen LogP contribution is -2.40. The summed E-state index contributed by atoms with van der Waals surface area (Å²) in [7, 11) is -3.67. The van der Waals surface area contributed by atoms with Gasteiger partial charge in [0.15, 0.2) is 0 Å². The quantitative estimate of drug-likeness (QED) is 0.358. The van der Waals surface area contributed by atoms with E-state index in [1.165, 1.54) is 0 Å². The van der Waals surface area contributed by atoms with Gasteiger partial charge in [0, 0.05) is 0 Å². The van der Waals surface area contributed by atoms with E-state index in [9.17, 15) is 9.46 Å². The van der Waals surface area contributed by atoms with Crippen LogP contribution in [-0.2, 0) is 13.1 Å². The molecule has 0 saturated heterocycles. The predicted molar refractivity (Wildman–Crippen MR) is 25.7 cm³/mol. The third-order valence-corrected chi connectivity index (χ3v) is 2.20. The van der Waals surface area contributed by atoms with Gasteiger partial charge in [-0.15, -0.1) is 4.21 Å². The molecule has 0 bridgehead atoms. The first kappa shape index (κ1) is 9.18. The Kier molecular flexibility index (Phi) is 3.44. The first-order valence-electron chi connectivity index (χ1n) is 1.64. The second kappa shape index (κ2) is 3.38. The monoisotopic (exact) mass is 168 g/mol. The largest absolute Gasteiger partial charge is 0.704 e. The first-order chi connectivity index (χ1) is 3.98. The van der Waals surface area contributed by atoms with Crippen LogP contribution in [0.25, 0.3) is 0 Å². The molecule has 9 heavy (non-hydrogen) atoms. The molecule has 0 aromatic rings. The molecule has 1 atom stereocenters. The summed E-state index contributed by atoms with van der Waals surface area (Å²) in [5.74, 6) is 0. The molecule has 0 heterocycles. The first-order valence-corrected chi connectivity index (χ1v) is 4.45. The summed E-state index contributed by atoms with van der Waals surface area (Å²) >= 11 is 0. The van der Waals surface area contributed by atoms with Crippen molar-refractivity contribution in [1.29, 1.82) is 0 Å². The van der Waals surface area contributed by atoms with Crippen LogP contribution in [0.1, 0.15) is 0 Å². The van der Waals surface area contributed by atoms with Crippen LogP contribution in [0.3, 0.4) is 0 Å². The molecule has 0 aliphatic carbocycles. The zero-order chi connectivity index (χ0) is 7.49. The Morgan fingerprint density at radius 1 is 1.67 bits per heavy atom. The maximum absolute atomic E-state index is 9.57. The Morgan fingerprint density at radius 2 is 2.11 bits per heavy atom. The third kappa shape index (κ3) is 4.67. The van der Waals surface area contributed by atoms with Gasteiger partial charge in [-0.25, -0.2) is 0 Å². The fraction of sp³-hybridized carbons (Fsp3) is 0. The summed E-state index contributed by atoms with van der Waals surface area (Å²) in [6.45, 7) is 0. The van der Waals surface area contributed by atoms with Crippen LogP contribution in [-0.4, -0.2) is 26.7 Å². The van der Waals surface area contributed by atoms with Crippen molar-refractivity contribution >= 4 is 25.4 Å². The minimum atomic E-state index is -4.56. The van der Waals surface area contributed by atoms with Gasteiger partial charge < -0.3 is 18.8 Å². The zero-order valence-electron chi connectivity index (χ0n) is 4.05. The number of hydrogen-bond acceptors (Lipinski definition) is 6. The van der Waals surface area contributed by atoms with Gasteiger partial charge in [0.25, 0.3) is 8.05 Å². The fourth-order valence-electron chi connectivity index (χ4n) is 0.119. The molecule has 0 fully saturated rings. The maximum Gasteiger partial charge on any atom is 0.704 e. The van der Waals surface area contributed by atoms with Crippen LogP contribution < -0.4 is 4.89 Å². The van der Waals surface area contributed by atoms with E-state index < -0.39 is 17.3 Å². The zero-order valence-corrected chi connectivity index (χ0v) is 5.95. The molecule has 0 aliphatic heterocycles. The smallest absolute Gasteiger partial charge is 0.567 e. The summed E-state index contributed by atoms with van der Waals surface area (Å²) in [6, 6.07) is 0. The minimum absolute atomic E-state index is 3.34. The third-order valence-electron chi connectivity index (χ3n) is 0.347. The number of hydrogen-bond donors (Lipinski definition) is 2. The molecule has 1 unspecified atom stereocenters. The Morgan fingerprint density at radius 3 is 2.22 bits per heavy atom. The van der Waals surface area contributed by atoms with E-state index in [4.69, 9.17) is 9.59 Å². The van der Waals surface area contributed by atoms with E-state index in [1.54, 1.807) is 0 Å². The predicted octanol–water partition coefficient (Wildman–Crippen LogP) is -2.46. The lowest BCUT2D eigenvalue weighted by molar-refractivity contribution is -0.182. The average Bonchev–Trinajstić information content (AvgIpc) is 1.63. The van der Waals surface area contributed by atoms with E-state index >= 15 is 0 Å². The summed E-state index contributed by atoms with van der Waals surface area (Å²) in [5, 5.41) is 0. The van der Waals surface area contributed by atoms with Gasteiger partial charge in [-0.1, -0.05) is 0 Å². The molecule has 2 N–H and O–H groups in total. The molecule has 50 valence electrons. The Balaban J connectivity index is 3.71. The molecule has 2 radical (unpaired) electrons. The van der Waals surface area contributed by atoms with Gasteiger partial charge in [0.2, 0.25) is 0 Å². The van der Waals surface area contributed by atoms with Crippen LogP contribution in [0.2, 0.25) is 0 Å². The van der Waals surface area contributed by atoms with Crippen LogP contribution in [0.4, 0.5) is 0 Å². The Labute approximate surface area is 53.9 Å². The summed E-state index contributed by atoms with van der Waals surface area (Å²) in [4.78, 5) is 26.0. The Hall–Kier alpha value is 0.182. The lowest BCUT2D eigenvalue weighted by Gasteiger charge is -2.05. The second-order valence-corrected chi connectivity index (χ2v) is 3.49. The van der Waals surface area contributed by atoms with Crippen LogP contribution in [0.5, 0.6) is 0 Å². The molecule has 6 nitrogen and oxygen atoms in total. The number of rotatable bonds is 3. The summed E-state index contributed by atoms with van der Waals surface area (Å²) in [5.41, 5.74) is 0. The van der Waals surface area contributed by atoms with Crippen LogP contribution >= 0.6 is 8.25 Å². The molecule has 0 aliphatic rings. The van der Waals surface area contributed by atoms with Crippen molar-refractivity contribution in [2.75, 3.05) is 0 Å². The van der Waals surface area contributed by atoms with Crippen LogP contribution in [0.15, 0.2) is 0 Å². The highest BCUT2D eigenvalue weighted by atomic mass is 31.1. The highest BCUT2D eigenvalue weighted by Crippen LogP contribution is 2.14. The Bertz CT molecular complexity index is 112. The maximum atomic E-state index is 9.57. The van der Waals surface area contributed by atoms with Gasteiger partial charge in [-0.3, -0.25) is 0 Å². The summed E-state index contributed by atoms with van der Waals surface area (Å²) in [6.07, 6.45) is 0. The van der Waals surface area contributed by atoms with Crippen molar-refractivity contribution in [3.63, 3.8) is 0 Å². The van der Waals surface area contributed by atoms with Crippen molar-refractivity contribution in [1.82, 2.24) is 0 Å². The van der Waals surface area contributed by atoms with Gasteiger partial charge in [-0.05, 0) is 4.57 Å². The molecule has 0 amide bonds. The fourth-order valence-corrected chi connectivity index (χ4v) is 1.07. The van der Waals surface area contributed by atoms with Gasteiger partial charge in [0.05, 0.1) is 0 Å². The summed E-state index contributed by atoms with van der Waals surface area (Å²) < 4.78 is 16.4. The van der Waals surface area contributed by atoms with Crippen molar-refractivity contribution in [3.8, 4) is 0 Å². The van der Waals surface area contributed by atoms with Gasteiger partial charge in [0.1, 0.15) is 0 Å². The van der Waals surface area contributed by atoms with Crippen molar-refractivity contribution in [3.05, 3.63) is 0 Å². The van der Waals surface area contributed by atoms with E-state index in [0.29, 0.717) is 0 Å². The molecule has 0 rings (SSSR count). The minimum Gasteiger partial charge on any atom is -0.567 e. The second-order valence-electron chi connectivity index (χ2n) is 0.981. The van der Waals surface area contributed by atoms with Crippen molar-refractivity contribution in [2.24, 2.45) is 0 Å². The van der Waals surface area contributed by atoms with Crippen molar-refractivity contribution in [2.45, 2.75) is 0 Å². The molecule has 0 aromatic carbocycles. The average molecular weight is 168 g/mol. The van der Waals surface area contributed by atoms with E-state index in [1.807, 2.05) is 0 Å². The van der Waals surface area contributed by atoms with Gasteiger partial charge in [-0.2, -0.15) is 0 Å². The molecule has 0 saturated carbocycles. The molecular formula is H2BO6PSi. The molecule has 0 aromatic heterocycles.